The molecule has 2 amide bonds. The Hall–Kier alpha value is -1.10. The van der Waals surface area contributed by atoms with E-state index in [2.05, 4.69) is 17.6 Å². The van der Waals surface area contributed by atoms with Gasteiger partial charge in [0.25, 0.3) is 0 Å². The van der Waals surface area contributed by atoms with Gasteiger partial charge < -0.3 is 15.5 Å². The van der Waals surface area contributed by atoms with Gasteiger partial charge in [0.1, 0.15) is 0 Å². The molecule has 0 saturated carbocycles. The van der Waals surface area contributed by atoms with Gasteiger partial charge in [-0.2, -0.15) is 0 Å². The van der Waals surface area contributed by atoms with E-state index >= 15 is 0 Å². The Balaban J connectivity index is 1.85. The van der Waals surface area contributed by atoms with Crippen LogP contribution in [0.25, 0.3) is 0 Å². The molecule has 0 spiro atoms. The van der Waals surface area contributed by atoms with Gasteiger partial charge in [0, 0.05) is 25.0 Å². The lowest BCUT2D eigenvalue weighted by Crippen LogP contribution is -2.50. The van der Waals surface area contributed by atoms with Crippen molar-refractivity contribution in [2.75, 3.05) is 32.7 Å². The van der Waals surface area contributed by atoms with Crippen molar-refractivity contribution >= 4 is 11.8 Å². The molecule has 132 valence electrons. The van der Waals surface area contributed by atoms with E-state index in [1.54, 1.807) is 0 Å². The average molecular weight is 323 g/mol. The van der Waals surface area contributed by atoms with Crippen molar-refractivity contribution in [3.05, 3.63) is 0 Å². The van der Waals surface area contributed by atoms with Crippen molar-refractivity contribution in [1.82, 2.24) is 15.5 Å². The lowest BCUT2D eigenvalue weighted by atomic mass is 9.81. The smallest absolute Gasteiger partial charge is 0.227 e. The number of nitrogens with one attached hydrogen (secondary N) is 2. The van der Waals surface area contributed by atoms with Crippen LogP contribution < -0.4 is 10.6 Å². The standard InChI is InChI=1S/C18H33N3O2/c1-17(2,3)16(23)21-11-5-6-14(12-21)15(22)20-13-18(4)7-9-19-10-8-18/h14,19H,5-13H2,1-4H3,(H,20,22). The monoisotopic (exact) mass is 323 g/mol. The van der Waals surface area contributed by atoms with Crippen LogP contribution in [0.2, 0.25) is 0 Å². The summed E-state index contributed by atoms with van der Waals surface area (Å²) in [5.41, 5.74) is -0.169. The highest BCUT2D eigenvalue weighted by Crippen LogP contribution is 2.27. The van der Waals surface area contributed by atoms with Crippen molar-refractivity contribution < 1.29 is 9.59 Å². The van der Waals surface area contributed by atoms with Gasteiger partial charge in [-0.15, -0.1) is 0 Å². The zero-order valence-corrected chi connectivity index (χ0v) is 15.2. The van der Waals surface area contributed by atoms with Gasteiger partial charge >= 0.3 is 0 Å². The molecule has 0 aromatic rings. The van der Waals surface area contributed by atoms with E-state index in [1.807, 2.05) is 25.7 Å². The molecule has 0 radical (unpaired) electrons. The quantitative estimate of drug-likeness (QED) is 0.832. The first-order valence-corrected chi connectivity index (χ1v) is 8.99. The molecular formula is C18H33N3O2. The second-order valence-electron chi connectivity index (χ2n) is 8.62. The van der Waals surface area contributed by atoms with Gasteiger partial charge in [0.05, 0.1) is 5.92 Å². The first-order chi connectivity index (χ1) is 10.7. The molecule has 2 N–H and O–H groups in total. The van der Waals surface area contributed by atoms with E-state index in [-0.39, 0.29) is 28.6 Å². The van der Waals surface area contributed by atoms with Gasteiger partial charge in [0.15, 0.2) is 0 Å². The van der Waals surface area contributed by atoms with Crippen LogP contribution in [0.3, 0.4) is 0 Å². The van der Waals surface area contributed by atoms with Crippen LogP contribution in [-0.4, -0.2) is 49.4 Å². The maximum atomic E-state index is 12.5. The van der Waals surface area contributed by atoms with Gasteiger partial charge in [-0.3, -0.25) is 9.59 Å². The molecule has 0 aromatic carbocycles. The highest BCUT2D eigenvalue weighted by Gasteiger charge is 2.34. The number of piperidine rings is 2. The second kappa shape index (κ2) is 7.20. The molecule has 1 unspecified atom stereocenters. The number of hydrogen-bond acceptors (Lipinski definition) is 3. The summed E-state index contributed by atoms with van der Waals surface area (Å²) >= 11 is 0. The van der Waals surface area contributed by atoms with Crippen LogP contribution in [0.5, 0.6) is 0 Å². The third-order valence-electron chi connectivity index (χ3n) is 5.22. The van der Waals surface area contributed by atoms with E-state index in [4.69, 9.17) is 0 Å². The number of carbonyl (C=O) groups is 2. The summed E-state index contributed by atoms with van der Waals surface area (Å²) < 4.78 is 0. The summed E-state index contributed by atoms with van der Waals surface area (Å²) in [7, 11) is 0. The predicted molar refractivity (Wildman–Crippen MR) is 92.0 cm³/mol. The summed E-state index contributed by atoms with van der Waals surface area (Å²) in [6, 6.07) is 0. The molecule has 0 aliphatic carbocycles. The molecule has 2 fully saturated rings. The van der Waals surface area contributed by atoms with Crippen molar-refractivity contribution in [3.63, 3.8) is 0 Å². The predicted octanol–water partition coefficient (Wildman–Crippen LogP) is 1.78. The molecule has 2 aliphatic rings. The zero-order chi connectivity index (χ0) is 17.1. The van der Waals surface area contributed by atoms with Crippen molar-refractivity contribution in [2.24, 2.45) is 16.7 Å². The first-order valence-electron chi connectivity index (χ1n) is 8.99. The van der Waals surface area contributed by atoms with Crippen molar-refractivity contribution in [2.45, 2.75) is 53.4 Å². The Labute approximate surface area is 140 Å². The van der Waals surface area contributed by atoms with E-state index < -0.39 is 0 Å². The molecule has 1 atom stereocenters. The summed E-state index contributed by atoms with van der Waals surface area (Å²) in [5, 5.41) is 6.52. The van der Waals surface area contributed by atoms with Crippen molar-refractivity contribution in [1.29, 1.82) is 0 Å². The van der Waals surface area contributed by atoms with Gasteiger partial charge in [-0.05, 0) is 44.2 Å². The number of rotatable bonds is 3. The Morgan fingerprint density at radius 2 is 1.91 bits per heavy atom. The largest absolute Gasteiger partial charge is 0.355 e. The molecule has 23 heavy (non-hydrogen) atoms. The molecule has 2 rings (SSSR count). The Kier molecular flexibility index (Phi) is 5.71. The minimum atomic E-state index is -0.374. The van der Waals surface area contributed by atoms with Gasteiger partial charge in [-0.1, -0.05) is 27.7 Å². The van der Waals surface area contributed by atoms with Crippen LogP contribution >= 0.6 is 0 Å². The Morgan fingerprint density at radius 1 is 1.26 bits per heavy atom. The summed E-state index contributed by atoms with van der Waals surface area (Å²) in [6.07, 6.45) is 4.01. The SMILES string of the molecule is CC1(CNC(=O)C2CCCN(C(=O)C(C)(C)C)C2)CCNCC1. The van der Waals surface area contributed by atoms with Crippen LogP contribution in [0, 0.1) is 16.7 Å². The molecule has 0 bridgehead atoms. The topological polar surface area (TPSA) is 61.4 Å². The molecule has 2 saturated heterocycles. The van der Waals surface area contributed by atoms with Crippen LogP contribution in [0.1, 0.15) is 53.4 Å². The first kappa shape index (κ1) is 18.2. The van der Waals surface area contributed by atoms with Crippen LogP contribution in [-0.2, 0) is 9.59 Å². The van der Waals surface area contributed by atoms with E-state index in [1.165, 1.54) is 0 Å². The fourth-order valence-electron chi connectivity index (χ4n) is 3.50. The number of likely N-dealkylation sites (tertiary alicyclic amines) is 1. The van der Waals surface area contributed by atoms with Crippen molar-refractivity contribution in [3.8, 4) is 0 Å². The maximum Gasteiger partial charge on any atom is 0.227 e. The van der Waals surface area contributed by atoms with Crippen LogP contribution in [0.15, 0.2) is 0 Å². The highest BCUT2D eigenvalue weighted by molar-refractivity contribution is 5.83. The summed E-state index contributed by atoms with van der Waals surface area (Å²) in [6.45, 7) is 12.2. The van der Waals surface area contributed by atoms with E-state index in [9.17, 15) is 9.59 Å². The number of amides is 2. The molecule has 2 aliphatic heterocycles. The second-order valence-corrected chi connectivity index (χ2v) is 8.62. The Morgan fingerprint density at radius 3 is 2.52 bits per heavy atom. The molecule has 0 aromatic heterocycles. The average Bonchev–Trinajstić information content (AvgIpc) is 2.52. The Bertz CT molecular complexity index is 436. The molecule has 2 heterocycles. The van der Waals surface area contributed by atoms with E-state index in [0.717, 1.165) is 51.9 Å². The molecule has 5 heteroatoms. The van der Waals surface area contributed by atoms with Crippen LogP contribution in [0.4, 0.5) is 0 Å². The number of nitrogens with zero attached hydrogens (tertiary/aromatic N) is 1. The summed E-state index contributed by atoms with van der Waals surface area (Å²) in [5.74, 6) is 0.219. The molecular weight excluding hydrogens is 290 g/mol. The third-order valence-corrected chi connectivity index (χ3v) is 5.22. The zero-order valence-electron chi connectivity index (χ0n) is 15.2. The third kappa shape index (κ3) is 4.93. The minimum Gasteiger partial charge on any atom is -0.355 e. The van der Waals surface area contributed by atoms with Gasteiger partial charge in [-0.25, -0.2) is 0 Å². The lowest BCUT2D eigenvalue weighted by molar-refractivity contribution is -0.142. The number of hydrogen-bond donors (Lipinski definition) is 2. The lowest BCUT2D eigenvalue weighted by Gasteiger charge is -2.37. The highest BCUT2D eigenvalue weighted by atomic mass is 16.2. The molecule has 5 nitrogen and oxygen atoms in total. The normalized spacial score (nSPS) is 25.0. The summed E-state index contributed by atoms with van der Waals surface area (Å²) in [4.78, 5) is 26.8. The number of carbonyl (C=O) groups excluding carboxylic acids is 2. The van der Waals surface area contributed by atoms with Gasteiger partial charge in [0.2, 0.25) is 11.8 Å². The minimum absolute atomic E-state index is 0.0552. The maximum absolute atomic E-state index is 12.5. The fourth-order valence-corrected chi connectivity index (χ4v) is 3.50. The van der Waals surface area contributed by atoms with E-state index in [0.29, 0.717) is 6.54 Å². The fraction of sp³-hybridized carbons (Fsp3) is 0.889.